The third kappa shape index (κ3) is 3.84. The van der Waals surface area contributed by atoms with E-state index in [2.05, 4.69) is 0 Å². The first kappa shape index (κ1) is 15.1. The number of rotatable bonds is 3. The molecular weight excluding hydrogens is 256 g/mol. The van der Waals surface area contributed by atoms with Crippen molar-refractivity contribution in [2.24, 2.45) is 11.8 Å². The molecule has 0 aromatic heterocycles. The van der Waals surface area contributed by atoms with Crippen LogP contribution in [0.4, 0.5) is 8.78 Å². The van der Waals surface area contributed by atoms with Gasteiger partial charge in [0, 0.05) is 25.6 Å². The van der Waals surface area contributed by atoms with Crippen LogP contribution in [-0.2, 0) is 0 Å². The topological polar surface area (TPSA) is 63.9 Å². The second kappa shape index (κ2) is 6.43. The molecule has 112 valence electrons. The second-order valence-electron chi connectivity index (χ2n) is 5.96. The molecule has 2 aliphatic rings. The Morgan fingerprint density at radius 3 is 1.95 bits per heavy atom. The fourth-order valence-electron chi connectivity index (χ4n) is 3.21. The lowest BCUT2D eigenvalue weighted by Gasteiger charge is -2.39. The van der Waals surface area contributed by atoms with Gasteiger partial charge in [-0.05, 0) is 31.6 Å². The third-order valence-electron chi connectivity index (χ3n) is 4.44. The molecule has 4 nitrogen and oxygen atoms in total. The molecular formula is C13H23F2NO3. The van der Waals surface area contributed by atoms with Gasteiger partial charge in [0.05, 0.1) is 12.2 Å². The highest BCUT2D eigenvalue weighted by molar-refractivity contribution is 4.87. The van der Waals surface area contributed by atoms with Gasteiger partial charge in [0.2, 0.25) is 6.43 Å². The van der Waals surface area contributed by atoms with Gasteiger partial charge in [0.15, 0.2) is 0 Å². The Hall–Kier alpha value is -0.300. The van der Waals surface area contributed by atoms with Gasteiger partial charge in [-0.2, -0.15) is 0 Å². The van der Waals surface area contributed by atoms with E-state index in [0.717, 1.165) is 12.8 Å². The smallest absolute Gasteiger partial charge is 0.241 e. The van der Waals surface area contributed by atoms with Crippen LogP contribution in [0.3, 0.4) is 0 Å². The highest BCUT2D eigenvalue weighted by atomic mass is 19.3. The minimum atomic E-state index is -2.21. The molecule has 0 bridgehead atoms. The summed E-state index contributed by atoms with van der Waals surface area (Å²) in [6.07, 6.45) is -2.48. The van der Waals surface area contributed by atoms with Crippen LogP contribution < -0.4 is 0 Å². The van der Waals surface area contributed by atoms with Crippen LogP contribution in [0.1, 0.15) is 25.7 Å². The van der Waals surface area contributed by atoms with Crippen LogP contribution in [0.15, 0.2) is 0 Å². The van der Waals surface area contributed by atoms with Crippen LogP contribution in [0.5, 0.6) is 0 Å². The van der Waals surface area contributed by atoms with E-state index in [4.69, 9.17) is 0 Å². The number of likely N-dealkylation sites (tertiary alicyclic amines) is 1. The lowest BCUT2D eigenvalue weighted by atomic mass is 9.81. The zero-order valence-corrected chi connectivity index (χ0v) is 11.0. The fraction of sp³-hybridized carbons (Fsp3) is 1.00. The van der Waals surface area contributed by atoms with Crippen LogP contribution in [0, 0.1) is 11.8 Å². The number of aliphatic hydroxyl groups excluding tert-OH is 3. The van der Waals surface area contributed by atoms with Gasteiger partial charge in [-0.25, -0.2) is 8.78 Å². The molecule has 0 aromatic rings. The molecule has 1 saturated heterocycles. The van der Waals surface area contributed by atoms with E-state index in [1.165, 1.54) is 0 Å². The summed E-state index contributed by atoms with van der Waals surface area (Å²) >= 11 is 0. The Labute approximate surface area is 112 Å². The first-order chi connectivity index (χ1) is 8.97. The number of hydrogen-bond acceptors (Lipinski definition) is 4. The lowest BCUT2D eigenvalue weighted by Crippen LogP contribution is -2.56. The van der Waals surface area contributed by atoms with E-state index in [1.807, 2.05) is 4.90 Å². The monoisotopic (exact) mass is 279 g/mol. The molecule has 0 amide bonds. The van der Waals surface area contributed by atoms with Crippen molar-refractivity contribution in [2.75, 3.05) is 19.6 Å². The molecule has 3 N–H and O–H groups in total. The quantitative estimate of drug-likeness (QED) is 0.702. The number of β-amino-alcohol motifs (C(OH)–C–C–N with tert-alkyl or cyclic N) is 2. The van der Waals surface area contributed by atoms with Crippen molar-refractivity contribution in [3.8, 4) is 0 Å². The molecule has 1 saturated carbocycles. The SMILES string of the molecule is O[C@H]1[C@H](O)CN(C[C@H]2CC[C@@H](C(F)F)CC2)C[C@@H]1O. The molecule has 6 heteroatoms. The number of piperidine rings is 1. The van der Waals surface area contributed by atoms with E-state index in [-0.39, 0.29) is 0 Å². The summed E-state index contributed by atoms with van der Waals surface area (Å²) in [5, 5.41) is 28.7. The van der Waals surface area contributed by atoms with Gasteiger partial charge in [-0.15, -0.1) is 0 Å². The van der Waals surface area contributed by atoms with Crippen molar-refractivity contribution in [2.45, 2.75) is 50.4 Å². The predicted molar refractivity (Wildman–Crippen MR) is 65.9 cm³/mol. The number of hydrogen-bond donors (Lipinski definition) is 3. The van der Waals surface area contributed by atoms with Crippen LogP contribution in [0.25, 0.3) is 0 Å². The van der Waals surface area contributed by atoms with E-state index in [0.29, 0.717) is 38.4 Å². The molecule has 1 aliphatic carbocycles. The molecule has 1 aliphatic heterocycles. The summed E-state index contributed by atoms with van der Waals surface area (Å²) in [6, 6.07) is 0. The lowest BCUT2D eigenvalue weighted by molar-refractivity contribution is -0.112. The zero-order valence-electron chi connectivity index (χ0n) is 11.0. The van der Waals surface area contributed by atoms with E-state index in [9.17, 15) is 24.1 Å². The van der Waals surface area contributed by atoms with Crippen LogP contribution >= 0.6 is 0 Å². The molecule has 0 aromatic carbocycles. The van der Waals surface area contributed by atoms with Gasteiger partial charge < -0.3 is 15.3 Å². The average Bonchev–Trinajstić information content (AvgIpc) is 2.36. The molecule has 1 heterocycles. The van der Waals surface area contributed by atoms with Crippen molar-refractivity contribution in [3.63, 3.8) is 0 Å². The second-order valence-corrected chi connectivity index (χ2v) is 5.96. The Kier molecular flexibility index (Phi) is 5.11. The van der Waals surface area contributed by atoms with Crippen LogP contribution in [0.2, 0.25) is 0 Å². The first-order valence-corrected chi connectivity index (χ1v) is 7.02. The van der Waals surface area contributed by atoms with Crippen molar-refractivity contribution in [1.82, 2.24) is 4.90 Å². The fourth-order valence-corrected chi connectivity index (χ4v) is 3.21. The third-order valence-corrected chi connectivity index (χ3v) is 4.44. The standard InChI is InChI=1S/C13H23F2NO3/c14-13(15)9-3-1-8(2-4-9)5-16-6-10(17)12(19)11(18)7-16/h8-13,17-19H,1-7H2/t8-,9+,10-,11+,12+. The maximum Gasteiger partial charge on any atom is 0.241 e. The first-order valence-electron chi connectivity index (χ1n) is 7.02. The molecule has 2 fully saturated rings. The Morgan fingerprint density at radius 2 is 1.47 bits per heavy atom. The largest absolute Gasteiger partial charge is 0.389 e. The summed E-state index contributed by atoms with van der Waals surface area (Å²) in [5.41, 5.74) is 0. The number of halogens is 2. The summed E-state index contributed by atoms with van der Waals surface area (Å²) in [5.74, 6) is -0.111. The van der Waals surface area contributed by atoms with Gasteiger partial charge >= 0.3 is 0 Å². The zero-order chi connectivity index (χ0) is 14.0. The van der Waals surface area contributed by atoms with Gasteiger partial charge in [-0.3, -0.25) is 4.90 Å². The van der Waals surface area contributed by atoms with Gasteiger partial charge in [0.1, 0.15) is 6.10 Å². The Morgan fingerprint density at radius 1 is 0.947 bits per heavy atom. The molecule has 2 rings (SSSR count). The molecule has 0 spiro atoms. The summed E-state index contributed by atoms with van der Waals surface area (Å²) in [4.78, 5) is 1.93. The van der Waals surface area contributed by atoms with Crippen LogP contribution in [-0.4, -0.2) is 64.6 Å². The van der Waals surface area contributed by atoms with Crippen molar-refractivity contribution >= 4 is 0 Å². The Balaban J connectivity index is 1.77. The highest BCUT2D eigenvalue weighted by Gasteiger charge is 2.35. The number of aliphatic hydroxyl groups is 3. The highest BCUT2D eigenvalue weighted by Crippen LogP contribution is 2.33. The maximum atomic E-state index is 12.5. The minimum Gasteiger partial charge on any atom is -0.389 e. The molecule has 0 radical (unpaired) electrons. The van der Waals surface area contributed by atoms with Crippen molar-refractivity contribution in [3.05, 3.63) is 0 Å². The summed E-state index contributed by atoms with van der Waals surface area (Å²) in [7, 11) is 0. The molecule has 0 unspecified atom stereocenters. The Bertz CT molecular complexity index is 273. The summed E-state index contributed by atoms with van der Waals surface area (Å²) in [6.45, 7) is 1.39. The summed E-state index contributed by atoms with van der Waals surface area (Å²) < 4.78 is 25.1. The van der Waals surface area contributed by atoms with E-state index >= 15 is 0 Å². The molecule has 3 atom stereocenters. The number of nitrogens with zero attached hydrogens (tertiary/aromatic N) is 1. The minimum absolute atomic E-state index is 0.340. The van der Waals surface area contributed by atoms with E-state index < -0.39 is 30.7 Å². The normalized spacial score (nSPS) is 41.7. The number of alkyl halides is 2. The van der Waals surface area contributed by atoms with Crippen molar-refractivity contribution in [1.29, 1.82) is 0 Å². The maximum absolute atomic E-state index is 12.5. The van der Waals surface area contributed by atoms with Gasteiger partial charge in [0.25, 0.3) is 0 Å². The van der Waals surface area contributed by atoms with E-state index in [1.54, 1.807) is 0 Å². The van der Waals surface area contributed by atoms with Gasteiger partial charge in [-0.1, -0.05) is 0 Å². The predicted octanol–water partition coefficient (Wildman–Crippen LogP) is 0.456. The van der Waals surface area contributed by atoms with Crippen molar-refractivity contribution < 1.29 is 24.1 Å². The average molecular weight is 279 g/mol. The molecule has 19 heavy (non-hydrogen) atoms.